The van der Waals surface area contributed by atoms with E-state index in [0.29, 0.717) is 5.75 Å². The van der Waals surface area contributed by atoms with E-state index < -0.39 is 0 Å². The van der Waals surface area contributed by atoms with E-state index in [2.05, 4.69) is 12.2 Å². The van der Waals surface area contributed by atoms with Gasteiger partial charge in [0, 0.05) is 11.6 Å². The summed E-state index contributed by atoms with van der Waals surface area (Å²) >= 11 is 0. The molecule has 98 valence electrons. The van der Waals surface area contributed by atoms with E-state index >= 15 is 0 Å². The highest BCUT2D eigenvalue weighted by Gasteiger charge is 2.39. The highest BCUT2D eigenvalue weighted by molar-refractivity contribution is 5.34. The lowest BCUT2D eigenvalue weighted by molar-refractivity contribution is 0.308. The van der Waals surface area contributed by atoms with Gasteiger partial charge in [0.15, 0.2) is 0 Å². The second kappa shape index (κ2) is 4.93. The van der Waals surface area contributed by atoms with Crippen LogP contribution < -0.4 is 5.32 Å². The highest BCUT2D eigenvalue weighted by Crippen LogP contribution is 2.48. The van der Waals surface area contributed by atoms with Crippen LogP contribution in [-0.4, -0.2) is 11.7 Å². The first-order valence-electron chi connectivity index (χ1n) is 7.25. The molecule has 0 heterocycles. The predicted octanol–water partition coefficient (Wildman–Crippen LogP) is 3.48. The molecule has 2 heteroatoms. The van der Waals surface area contributed by atoms with Gasteiger partial charge in [0.2, 0.25) is 0 Å². The van der Waals surface area contributed by atoms with Crippen molar-refractivity contribution in [3.05, 3.63) is 29.8 Å². The van der Waals surface area contributed by atoms with Crippen LogP contribution in [0.3, 0.4) is 0 Å². The number of hydrogen-bond donors (Lipinski definition) is 2. The molecule has 0 aliphatic heterocycles. The summed E-state index contributed by atoms with van der Waals surface area (Å²) in [6, 6.07) is 7.88. The predicted molar refractivity (Wildman–Crippen MR) is 73.5 cm³/mol. The first-order chi connectivity index (χ1) is 8.74. The van der Waals surface area contributed by atoms with Gasteiger partial charge in [-0.05, 0) is 56.6 Å². The molecule has 1 aromatic carbocycles. The quantitative estimate of drug-likeness (QED) is 0.851. The number of benzene rings is 1. The summed E-state index contributed by atoms with van der Waals surface area (Å²) in [7, 11) is 0. The van der Waals surface area contributed by atoms with Crippen molar-refractivity contribution in [1.29, 1.82) is 0 Å². The van der Waals surface area contributed by atoms with Gasteiger partial charge < -0.3 is 10.4 Å². The van der Waals surface area contributed by atoms with Gasteiger partial charge in [-0.15, -0.1) is 0 Å². The third-order valence-corrected chi connectivity index (χ3v) is 4.97. The standard InChI is InChI=1S/C16H23NO/c1-11(15-4-2-3-5-16(15)18)17-10-14-9-12-6-7-13(14)8-12/h2-5,11-14,17-18H,6-10H2,1H3. The number of nitrogens with one attached hydrogen (secondary N) is 1. The van der Waals surface area contributed by atoms with Crippen molar-refractivity contribution in [1.82, 2.24) is 5.32 Å². The molecule has 18 heavy (non-hydrogen) atoms. The minimum Gasteiger partial charge on any atom is -0.508 e. The van der Waals surface area contributed by atoms with Crippen molar-refractivity contribution in [2.75, 3.05) is 6.54 Å². The first-order valence-corrected chi connectivity index (χ1v) is 7.25. The second-order valence-corrected chi connectivity index (χ2v) is 6.12. The number of phenolic OH excluding ortho intramolecular Hbond substituents is 1. The van der Waals surface area contributed by atoms with Gasteiger partial charge in [-0.2, -0.15) is 0 Å². The van der Waals surface area contributed by atoms with Gasteiger partial charge in [-0.25, -0.2) is 0 Å². The summed E-state index contributed by atoms with van der Waals surface area (Å²) < 4.78 is 0. The minimum atomic E-state index is 0.241. The van der Waals surface area contributed by atoms with E-state index in [0.717, 1.165) is 29.9 Å². The third-order valence-electron chi connectivity index (χ3n) is 4.97. The van der Waals surface area contributed by atoms with Crippen molar-refractivity contribution >= 4 is 0 Å². The number of rotatable bonds is 4. The molecule has 0 amide bonds. The summed E-state index contributed by atoms with van der Waals surface area (Å²) in [6.07, 6.45) is 5.81. The number of fused-ring (bicyclic) bond motifs is 2. The Labute approximate surface area is 109 Å². The van der Waals surface area contributed by atoms with Crippen LogP contribution in [0.4, 0.5) is 0 Å². The molecule has 2 bridgehead atoms. The van der Waals surface area contributed by atoms with Crippen molar-refractivity contribution in [2.24, 2.45) is 17.8 Å². The Morgan fingerprint density at radius 2 is 2.11 bits per heavy atom. The Morgan fingerprint density at radius 1 is 1.28 bits per heavy atom. The number of aromatic hydroxyl groups is 1. The zero-order valence-corrected chi connectivity index (χ0v) is 11.1. The van der Waals surface area contributed by atoms with E-state index in [9.17, 15) is 5.11 Å². The second-order valence-electron chi connectivity index (χ2n) is 6.12. The van der Waals surface area contributed by atoms with Crippen LogP contribution in [0, 0.1) is 17.8 Å². The maximum Gasteiger partial charge on any atom is 0.120 e. The van der Waals surface area contributed by atoms with E-state index in [1.165, 1.54) is 25.7 Å². The average molecular weight is 245 g/mol. The average Bonchev–Trinajstić information content (AvgIpc) is 2.98. The van der Waals surface area contributed by atoms with Crippen molar-refractivity contribution in [3.63, 3.8) is 0 Å². The molecule has 4 unspecified atom stereocenters. The smallest absolute Gasteiger partial charge is 0.120 e. The molecule has 1 aromatic rings. The molecule has 3 rings (SSSR count). The van der Waals surface area contributed by atoms with Crippen LogP contribution >= 0.6 is 0 Å². The summed E-state index contributed by atoms with van der Waals surface area (Å²) in [5.74, 6) is 3.27. The highest BCUT2D eigenvalue weighted by atomic mass is 16.3. The van der Waals surface area contributed by atoms with Crippen molar-refractivity contribution in [3.8, 4) is 5.75 Å². The van der Waals surface area contributed by atoms with Crippen LogP contribution in [0.1, 0.15) is 44.2 Å². The monoisotopic (exact) mass is 245 g/mol. The Hall–Kier alpha value is -1.02. The number of para-hydroxylation sites is 1. The van der Waals surface area contributed by atoms with Crippen LogP contribution in [0.25, 0.3) is 0 Å². The lowest BCUT2D eigenvalue weighted by Crippen LogP contribution is -2.28. The SMILES string of the molecule is CC(NCC1CC2CCC1C2)c1ccccc1O. The van der Waals surface area contributed by atoms with Crippen molar-refractivity contribution < 1.29 is 5.11 Å². The summed E-state index contributed by atoms with van der Waals surface area (Å²) in [5, 5.41) is 13.4. The normalized spacial score (nSPS) is 31.7. The number of phenols is 1. The van der Waals surface area contributed by atoms with Gasteiger partial charge in [0.25, 0.3) is 0 Å². The zero-order valence-electron chi connectivity index (χ0n) is 11.1. The Balaban J connectivity index is 1.56. The fourth-order valence-electron chi connectivity index (χ4n) is 3.92. The molecule has 4 atom stereocenters. The summed E-state index contributed by atoms with van der Waals surface area (Å²) in [4.78, 5) is 0. The molecule has 2 aliphatic rings. The van der Waals surface area contributed by atoms with Gasteiger partial charge in [-0.1, -0.05) is 24.6 Å². The molecular formula is C16H23NO. The third kappa shape index (κ3) is 2.26. The van der Waals surface area contributed by atoms with Gasteiger partial charge in [0.1, 0.15) is 5.75 Å². The molecule has 0 aromatic heterocycles. The van der Waals surface area contributed by atoms with Gasteiger partial charge >= 0.3 is 0 Å². The van der Waals surface area contributed by atoms with E-state index in [1.54, 1.807) is 6.07 Å². The number of hydrogen-bond acceptors (Lipinski definition) is 2. The molecule has 0 spiro atoms. The molecule has 2 nitrogen and oxygen atoms in total. The van der Waals surface area contributed by atoms with E-state index in [4.69, 9.17) is 0 Å². The summed E-state index contributed by atoms with van der Waals surface area (Å²) in [5.41, 5.74) is 1.01. The Morgan fingerprint density at radius 3 is 2.78 bits per heavy atom. The summed E-state index contributed by atoms with van der Waals surface area (Å²) in [6.45, 7) is 3.25. The topological polar surface area (TPSA) is 32.3 Å². The Kier molecular flexibility index (Phi) is 3.29. The van der Waals surface area contributed by atoms with Gasteiger partial charge in [-0.3, -0.25) is 0 Å². The van der Waals surface area contributed by atoms with E-state index in [-0.39, 0.29) is 6.04 Å². The molecule has 0 saturated heterocycles. The first kappa shape index (κ1) is 12.0. The molecule has 2 saturated carbocycles. The fourth-order valence-corrected chi connectivity index (χ4v) is 3.92. The van der Waals surface area contributed by atoms with Crippen LogP contribution in [-0.2, 0) is 0 Å². The fraction of sp³-hybridized carbons (Fsp3) is 0.625. The van der Waals surface area contributed by atoms with Crippen LogP contribution in [0.5, 0.6) is 5.75 Å². The molecular weight excluding hydrogens is 222 g/mol. The largest absolute Gasteiger partial charge is 0.508 e. The lowest BCUT2D eigenvalue weighted by Gasteiger charge is -2.24. The van der Waals surface area contributed by atoms with Crippen LogP contribution in [0.2, 0.25) is 0 Å². The molecule has 2 N–H and O–H groups in total. The molecule has 2 fully saturated rings. The van der Waals surface area contributed by atoms with Crippen molar-refractivity contribution in [2.45, 2.75) is 38.6 Å². The maximum absolute atomic E-state index is 9.84. The minimum absolute atomic E-state index is 0.241. The van der Waals surface area contributed by atoms with Crippen LogP contribution in [0.15, 0.2) is 24.3 Å². The zero-order chi connectivity index (χ0) is 12.5. The maximum atomic E-state index is 9.84. The molecule has 0 radical (unpaired) electrons. The Bertz CT molecular complexity index is 417. The lowest BCUT2D eigenvalue weighted by atomic mass is 9.88. The molecule has 2 aliphatic carbocycles. The van der Waals surface area contributed by atoms with Gasteiger partial charge in [0.05, 0.1) is 0 Å². The van der Waals surface area contributed by atoms with E-state index in [1.807, 2.05) is 18.2 Å².